The fraction of sp³-hybridized carbons (Fsp3) is 0.300. The molecule has 0 radical (unpaired) electrons. The second-order valence-corrected chi connectivity index (χ2v) is 6.05. The number of aryl methyl sites for hydroxylation is 1. The van der Waals surface area contributed by atoms with E-state index in [1.54, 1.807) is 24.3 Å². The van der Waals surface area contributed by atoms with Crippen molar-refractivity contribution < 1.29 is 19.1 Å². The van der Waals surface area contributed by atoms with E-state index < -0.39 is 5.97 Å². The fourth-order valence-electron chi connectivity index (χ4n) is 2.47. The first-order valence-corrected chi connectivity index (χ1v) is 8.13. The van der Waals surface area contributed by atoms with E-state index in [0.29, 0.717) is 17.2 Å². The molecule has 0 aliphatic heterocycles. The molecule has 5 heteroatoms. The molecule has 0 saturated heterocycles. The summed E-state index contributed by atoms with van der Waals surface area (Å²) in [6.45, 7) is 6.03. The van der Waals surface area contributed by atoms with E-state index >= 15 is 0 Å². The molecule has 0 heterocycles. The van der Waals surface area contributed by atoms with Crippen molar-refractivity contribution in [2.45, 2.75) is 26.7 Å². The monoisotopic (exact) mass is 341 g/mol. The minimum atomic E-state index is -0.412. The number of amides is 1. The normalized spacial score (nSPS) is 10.4. The van der Waals surface area contributed by atoms with Crippen LogP contribution in [-0.4, -0.2) is 25.6 Å². The molecule has 2 aromatic carbocycles. The zero-order valence-electron chi connectivity index (χ0n) is 15.0. The van der Waals surface area contributed by atoms with Crippen LogP contribution in [0.4, 0.5) is 5.69 Å². The van der Waals surface area contributed by atoms with Crippen LogP contribution >= 0.6 is 0 Å². The molecule has 2 rings (SSSR count). The number of rotatable bonds is 6. The van der Waals surface area contributed by atoms with Crippen LogP contribution in [0.15, 0.2) is 42.5 Å². The van der Waals surface area contributed by atoms with Gasteiger partial charge in [0.1, 0.15) is 5.75 Å². The van der Waals surface area contributed by atoms with Gasteiger partial charge in [0, 0.05) is 5.69 Å². The standard InChI is InChI=1S/C20H23NO4/c1-13(2)17-7-5-6-14(3)19(17)21-18(22)12-25-16-10-8-15(9-11-16)20(23)24-4/h5-11,13H,12H2,1-4H3,(H,21,22). The third-order valence-corrected chi connectivity index (χ3v) is 3.84. The third-order valence-electron chi connectivity index (χ3n) is 3.84. The van der Waals surface area contributed by atoms with Crippen LogP contribution in [0.2, 0.25) is 0 Å². The maximum Gasteiger partial charge on any atom is 0.337 e. The molecule has 1 N–H and O–H groups in total. The molecule has 2 aromatic rings. The number of carbonyl (C=O) groups is 2. The second-order valence-electron chi connectivity index (χ2n) is 6.05. The van der Waals surface area contributed by atoms with E-state index in [1.165, 1.54) is 7.11 Å². The molecule has 0 atom stereocenters. The van der Waals surface area contributed by atoms with Crippen molar-refractivity contribution in [3.63, 3.8) is 0 Å². The van der Waals surface area contributed by atoms with Gasteiger partial charge < -0.3 is 14.8 Å². The first-order valence-electron chi connectivity index (χ1n) is 8.13. The number of hydrogen-bond donors (Lipinski definition) is 1. The number of hydrogen-bond acceptors (Lipinski definition) is 4. The summed E-state index contributed by atoms with van der Waals surface area (Å²) in [5.74, 6) is 0.178. The third kappa shape index (κ3) is 4.83. The number of benzene rings is 2. The molecule has 132 valence electrons. The minimum absolute atomic E-state index is 0.108. The van der Waals surface area contributed by atoms with Crippen molar-refractivity contribution in [3.8, 4) is 5.75 Å². The van der Waals surface area contributed by atoms with Gasteiger partial charge in [-0.3, -0.25) is 4.79 Å². The summed E-state index contributed by atoms with van der Waals surface area (Å²) >= 11 is 0. The first kappa shape index (κ1) is 18.5. The van der Waals surface area contributed by atoms with Gasteiger partial charge in [-0.05, 0) is 48.2 Å². The number of methoxy groups -OCH3 is 1. The van der Waals surface area contributed by atoms with Gasteiger partial charge >= 0.3 is 5.97 Å². The Morgan fingerprint density at radius 3 is 2.36 bits per heavy atom. The summed E-state index contributed by atoms with van der Waals surface area (Å²) < 4.78 is 10.1. The molecular formula is C20H23NO4. The van der Waals surface area contributed by atoms with Gasteiger partial charge in [0.2, 0.25) is 0 Å². The van der Waals surface area contributed by atoms with Crippen LogP contribution in [0.3, 0.4) is 0 Å². The predicted octanol–water partition coefficient (Wildman–Crippen LogP) is 3.92. The SMILES string of the molecule is COC(=O)c1ccc(OCC(=O)Nc2c(C)cccc2C(C)C)cc1. The molecule has 5 nitrogen and oxygen atoms in total. The second kappa shape index (κ2) is 8.33. The molecule has 0 aromatic heterocycles. The molecule has 0 aliphatic rings. The van der Waals surface area contributed by atoms with E-state index in [4.69, 9.17) is 4.74 Å². The molecule has 25 heavy (non-hydrogen) atoms. The summed E-state index contributed by atoms with van der Waals surface area (Å²) in [7, 11) is 1.33. The van der Waals surface area contributed by atoms with Gasteiger partial charge in [0.05, 0.1) is 12.7 Å². The smallest absolute Gasteiger partial charge is 0.337 e. The van der Waals surface area contributed by atoms with E-state index in [0.717, 1.165) is 16.8 Å². The zero-order chi connectivity index (χ0) is 18.4. The number of carbonyl (C=O) groups excluding carboxylic acids is 2. The molecule has 1 amide bonds. The van der Waals surface area contributed by atoms with Crippen LogP contribution in [0.5, 0.6) is 5.75 Å². The Labute approximate surface area is 148 Å². The molecule has 0 unspecified atom stereocenters. The van der Waals surface area contributed by atoms with E-state index in [2.05, 4.69) is 23.9 Å². The van der Waals surface area contributed by atoms with Crippen LogP contribution in [0.25, 0.3) is 0 Å². The van der Waals surface area contributed by atoms with Crippen molar-refractivity contribution in [3.05, 3.63) is 59.2 Å². The number of para-hydroxylation sites is 1. The highest BCUT2D eigenvalue weighted by Crippen LogP contribution is 2.27. The Hall–Kier alpha value is -2.82. The molecular weight excluding hydrogens is 318 g/mol. The largest absolute Gasteiger partial charge is 0.484 e. The van der Waals surface area contributed by atoms with E-state index in [1.807, 2.05) is 25.1 Å². The summed E-state index contributed by atoms with van der Waals surface area (Å²) in [6, 6.07) is 12.4. The average molecular weight is 341 g/mol. The summed E-state index contributed by atoms with van der Waals surface area (Å²) in [5.41, 5.74) is 3.38. The van der Waals surface area contributed by atoms with Gasteiger partial charge in [-0.2, -0.15) is 0 Å². The Balaban J connectivity index is 1.99. The lowest BCUT2D eigenvalue weighted by Crippen LogP contribution is -2.21. The maximum atomic E-state index is 12.2. The highest BCUT2D eigenvalue weighted by Gasteiger charge is 2.12. The lowest BCUT2D eigenvalue weighted by Gasteiger charge is -2.16. The molecule has 0 bridgehead atoms. The quantitative estimate of drug-likeness (QED) is 0.809. The number of nitrogens with one attached hydrogen (secondary N) is 1. The van der Waals surface area contributed by atoms with Gasteiger partial charge in [-0.15, -0.1) is 0 Å². The van der Waals surface area contributed by atoms with Gasteiger partial charge in [0.25, 0.3) is 5.91 Å². The Kier molecular flexibility index (Phi) is 6.17. The van der Waals surface area contributed by atoms with Crippen LogP contribution < -0.4 is 10.1 Å². The number of anilines is 1. The summed E-state index contributed by atoms with van der Waals surface area (Å²) in [5, 5.41) is 2.93. The van der Waals surface area contributed by atoms with Crippen molar-refractivity contribution in [2.75, 3.05) is 19.0 Å². The lowest BCUT2D eigenvalue weighted by molar-refractivity contribution is -0.118. The fourth-order valence-corrected chi connectivity index (χ4v) is 2.47. The molecule has 0 spiro atoms. The highest BCUT2D eigenvalue weighted by molar-refractivity contribution is 5.93. The molecule has 0 aliphatic carbocycles. The highest BCUT2D eigenvalue weighted by atomic mass is 16.5. The van der Waals surface area contributed by atoms with Crippen LogP contribution in [0.1, 0.15) is 41.3 Å². The van der Waals surface area contributed by atoms with Gasteiger partial charge in [0.15, 0.2) is 6.61 Å². The first-order chi connectivity index (χ1) is 11.9. The zero-order valence-corrected chi connectivity index (χ0v) is 15.0. The lowest BCUT2D eigenvalue weighted by atomic mass is 9.98. The minimum Gasteiger partial charge on any atom is -0.484 e. The van der Waals surface area contributed by atoms with Crippen molar-refractivity contribution in [1.29, 1.82) is 0 Å². The summed E-state index contributed by atoms with van der Waals surface area (Å²) in [4.78, 5) is 23.6. The maximum absolute atomic E-state index is 12.2. The van der Waals surface area contributed by atoms with Crippen LogP contribution in [0, 0.1) is 6.92 Å². The van der Waals surface area contributed by atoms with Gasteiger partial charge in [-0.25, -0.2) is 4.79 Å². The molecule has 0 fully saturated rings. The van der Waals surface area contributed by atoms with Crippen molar-refractivity contribution >= 4 is 17.6 Å². The van der Waals surface area contributed by atoms with Crippen molar-refractivity contribution in [1.82, 2.24) is 0 Å². The Morgan fingerprint density at radius 2 is 1.76 bits per heavy atom. The Bertz CT molecular complexity index is 751. The van der Waals surface area contributed by atoms with E-state index in [9.17, 15) is 9.59 Å². The molecule has 0 saturated carbocycles. The van der Waals surface area contributed by atoms with Crippen LogP contribution in [-0.2, 0) is 9.53 Å². The average Bonchev–Trinajstić information content (AvgIpc) is 2.61. The summed E-state index contributed by atoms with van der Waals surface area (Å²) in [6.07, 6.45) is 0. The van der Waals surface area contributed by atoms with E-state index in [-0.39, 0.29) is 12.5 Å². The predicted molar refractivity (Wildman–Crippen MR) is 97.2 cm³/mol. The number of ether oxygens (including phenoxy) is 2. The van der Waals surface area contributed by atoms with Gasteiger partial charge in [-0.1, -0.05) is 32.0 Å². The van der Waals surface area contributed by atoms with Crippen molar-refractivity contribution in [2.24, 2.45) is 0 Å². The topological polar surface area (TPSA) is 64.6 Å². The number of esters is 1. The Morgan fingerprint density at radius 1 is 1.08 bits per heavy atom.